The Bertz CT molecular complexity index is 523. The first-order chi connectivity index (χ1) is 9.65. The molecule has 0 radical (unpaired) electrons. The van der Waals surface area contributed by atoms with Gasteiger partial charge in [-0.15, -0.1) is 0 Å². The molecule has 0 bridgehead atoms. The van der Waals surface area contributed by atoms with Gasteiger partial charge < -0.3 is 10.1 Å². The smallest absolute Gasteiger partial charge is 0.142 e. The van der Waals surface area contributed by atoms with Gasteiger partial charge in [-0.2, -0.15) is 5.10 Å². The van der Waals surface area contributed by atoms with E-state index in [1.165, 1.54) is 0 Å². The Morgan fingerprint density at radius 2 is 2.20 bits per heavy atom. The summed E-state index contributed by atoms with van der Waals surface area (Å²) >= 11 is 0. The second-order valence-electron chi connectivity index (χ2n) is 5.05. The Balaban J connectivity index is 1.95. The van der Waals surface area contributed by atoms with Crippen molar-refractivity contribution in [3.8, 4) is 5.75 Å². The standard InChI is InChI=1S/C15H22N4O/c1-12(2)16-11-14-15(6-5-13(3)18-14)20-10-9-19-8-4-7-17-19/h4-8,12,16H,9-11H2,1-3H3. The quantitative estimate of drug-likeness (QED) is 0.840. The summed E-state index contributed by atoms with van der Waals surface area (Å²) < 4.78 is 7.69. The van der Waals surface area contributed by atoms with Crippen molar-refractivity contribution in [3.63, 3.8) is 0 Å². The number of pyridine rings is 1. The molecular weight excluding hydrogens is 252 g/mol. The minimum atomic E-state index is 0.425. The molecule has 0 spiro atoms. The van der Waals surface area contributed by atoms with Crippen LogP contribution < -0.4 is 10.1 Å². The van der Waals surface area contributed by atoms with E-state index in [1.54, 1.807) is 6.20 Å². The van der Waals surface area contributed by atoms with Crippen LogP contribution in [0, 0.1) is 6.92 Å². The fourth-order valence-corrected chi connectivity index (χ4v) is 1.84. The van der Waals surface area contributed by atoms with Gasteiger partial charge in [-0.1, -0.05) is 13.8 Å². The summed E-state index contributed by atoms with van der Waals surface area (Å²) in [6, 6.07) is 6.30. The summed E-state index contributed by atoms with van der Waals surface area (Å²) in [4.78, 5) is 4.55. The lowest BCUT2D eigenvalue weighted by Gasteiger charge is -2.13. The fraction of sp³-hybridized carbons (Fsp3) is 0.467. The highest BCUT2D eigenvalue weighted by Crippen LogP contribution is 2.17. The maximum Gasteiger partial charge on any atom is 0.142 e. The van der Waals surface area contributed by atoms with Crippen LogP contribution in [-0.2, 0) is 13.1 Å². The third-order valence-corrected chi connectivity index (χ3v) is 2.89. The highest BCUT2D eigenvalue weighted by molar-refractivity contribution is 5.29. The number of nitrogens with zero attached hydrogens (tertiary/aromatic N) is 3. The molecule has 0 aliphatic rings. The van der Waals surface area contributed by atoms with Crippen LogP contribution in [0.5, 0.6) is 5.75 Å². The Labute approximate surface area is 120 Å². The van der Waals surface area contributed by atoms with Crippen LogP contribution in [0.3, 0.4) is 0 Å². The summed E-state index contributed by atoms with van der Waals surface area (Å²) in [5, 5.41) is 7.53. The average Bonchev–Trinajstić information content (AvgIpc) is 2.91. The number of ether oxygens (including phenoxy) is 1. The topological polar surface area (TPSA) is 52.0 Å². The Kier molecular flexibility index (Phi) is 5.12. The van der Waals surface area contributed by atoms with Crippen LogP contribution in [-0.4, -0.2) is 27.4 Å². The first kappa shape index (κ1) is 14.5. The molecule has 2 aromatic rings. The summed E-state index contributed by atoms with van der Waals surface area (Å²) in [7, 11) is 0. The minimum absolute atomic E-state index is 0.425. The molecule has 0 saturated carbocycles. The molecule has 0 amide bonds. The van der Waals surface area contributed by atoms with E-state index >= 15 is 0 Å². The number of rotatable bonds is 7. The van der Waals surface area contributed by atoms with Crippen molar-refractivity contribution in [1.82, 2.24) is 20.1 Å². The van der Waals surface area contributed by atoms with Gasteiger partial charge in [-0.25, -0.2) is 0 Å². The molecular formula is C15H22N4O. The first-order valence-electron chi connectivity index (χ1n) is 6.95. The Hall–Kier alpha value is -1.88. The molecule has 5 nitrogen and oxygen atoms in total. The molecule has 0 aliphatic heterocycles. The maximum atomic E-state index is 5.83. The zero-order chi connectivity index (χ0) is 14.4. The predicted molar refractivity (Wildman–Crippen MR) is 78.7 cm³/mol. The largest absolute Gasteiger partial charge is 0.490 e. The third kappa shape index (κ3) is 4.35. The maximum absolute atomic E-state index is 5.83. The van der Waals surface area contributed by atoms with Crippen molar-refractivity contribution in [3.05, 3.63) is 42.0 Å². The van der Waals surface area contributed by atoms with Crippen molar-refractivity contribution in [2.45, 2.75) is 39.9 Å². The molecule has 2 rings (SSSR count). The second kappa shape index (κ2) is 7.05. The van der Waals surface area contributed by atoms with Gasteiger partial charge in [0.05, 0.1) is 12.2 Å². The zero-order valence-corrected chi connectivity index (χ0v) is 12.3. The molecule has 0 atom stereocenters. The lowest BCUT2D eigenvalue weighted by atomic mass is 10.2. The monoisotopic (exact) mass is 274 g/mol. The van der Waals surface area contributed by atoms with E-state index in [1.807, 2.05) is 36.0 Å². The second-order valence-corrected chi connectivity index (χ2v) is 5.05. The molecule has 0 saturated heterocycles. The van der Waals surface area contributed by atoms with Gasteiger partial charge in [0, 0.05) is 30.7 Å². The SMILES string of the molecule is Cc1ccc(OCCn2cccn2)c(CNC(C)C)n1. The molecule has 0 aliphatic carbocycles. The number of aromatic nitrogens is 3. The van der Waals surface area contributed by atoms with E-state index in [4.69, 9.17) is 4.74 Å². The van der Waals surface area contributed by atoms with Crippen LogP contribution >= 0.6 is 0 Å². The predicted octanol–water partition coefficient (Wildman–Crippen LogP) is 2.16. The molecule has 0 unspecified atom stereocenters. The lowest BCUT2D eigenvalue weighted by Crippen LogP contribution is -2.23. The molecule has 2 heterocycles. The summed E-state index contributed by atoms with van der Waals surface area (Å²) in [5.41, 5.74) is 1.96. The minimum Gasteiger partial charge on any atom is -0.490 e. The van der Waals surface area contributed by atoms with Crippen molar-refractivity contribution in [2.75, 3.05) is 6.61 Å². The Morgan fingerprint density at radius 1 is 1.35 bits per heavy atom. The fourth-order valence-electron chi connectivity index (χ4n) is 1.84. The Morgan fingerprint density at radius 3 is 2.90 bits per heavy atom. The van der Waals surface area contributed by atoms with Crippen molar-refractivity contribution in [2.24, 2.45) is 0 Å². The molecule has 2 aromatic heterocycles. The average molecular weight is 274 g/mol. The van der Waals surface area contributed by atoms with Crippen LogP contribution in [0.4, 0.5) is 0 Å². The van der Waals surface area contributed by atoms with E-state index in [0.29, 0.717) is 12.6 Å². The first-order valence-corrected chi connectivity index (χ1v) is 6.95. The summed E-state index contributed by atoms with van der Waals surface area (Å²) in [6.07, 6.45) is 3.70. The van der Waals surface area contributed by atoms with Crippen LogP contribution in [0.2, 0.25) is 0 Å². The third-order valence-electron chi connectivity index (χ3n) is 2.89. The van der Waals surface area contributed by atoms with Gasteiger partial charge in [0.2, 0.25) is 0 Å². The normalized spacial score (nSPS) is 11.0. The van der Waals surface area contributed by atoms with Gasteiger partial charge in [-0.05, 0) is 25.1 Å². The van der Waals surface area contributed by atoms with E-state index in [0.717, 1.165) is 30.2 Å². The molecule has 108 valence electrons. The molecule has 0 fully saturated rings. The van der Waals surface area contributed by atoms with Gasteiger partial charge >= 0.3 is 0 Å². The van der Waals surface area contributed by atoms with E-state index in [-0.39, 0.29) is 0 Å². The summed E-state index contributed by atoms with van der Waals surface area (Å²) in [5.74, 6) is 0.843. The van der Waals surface area contributed by atoms with E-state index in [2.05, 4.69) is 29.2 Å². The molecule has 0 aromatic carbocycles. The number of aryl methyl sites for hydroxylation is 1. The molecule has 1 N–H and O–H groups in total. The summed E-state index contributed by atoms with van der Waals surface area (Å²) in [6.45, 7) is 8.27. The van der Waals surface area contributed by atoms with Crippen LogP contribution in [0.15, 0.2) is 30.6 Å². The molecule has 20 heavy (non-hydrogen) atoms. The highest BCUT2D eigenvalue weighted by atomic mass is 16.5. The van der Waals surface area contributed by atoms with Crippen molar-refractivity contribution in [1.29, 1.82) is 0 Å². The van der Waals surface area contributed by atoms with E-state index < -0.39 is 0 Å². The van der Waals surface area contributed by atoms with Crippen LogP contribution in [0.1, 0.15) is 25.2 Å². The van der Waals surface area contributed by atoms with Gasteiger partial charge in [0.15, 0.2) is 0 Å². The number of hydrogen-bond acceptors (Lipinski definition) is 4. The number of hydrogen-bond donors (Lipinski definition) is 1. The van der Waals surface area contributed by atoms with Crippen LogP contribution in [0.25, 0.3) is 0 Å². The molecule has 5 heteroatoms. The highest BCUT2D eigenvalue weighted by Gasteiger charge is 2.07. The van der Waals surface area contributed by atoms with Gasteiger partial charge in [0.25, 0.3) is 0 Å². The van der Waals surface area contributed by atoms with Crippen molar-refractivity contribution < 1.29 is 4.74 Å². The van der Waals surface area contributed by atoms with Crippen molar-refractivity contribution >= 4 is 0 Å². The van der Waals surface area contributed by atoms with Gasteiger partial charge in [0.1, 0.15) is 12.4 Å². The lowest BCUT2D eigenvalue weighted by molar-refractivity contribution is 0.286. The van der Waals surface area contributed by atoms with Gasteiger partial charge in [-0.3, -0.25) is 9.67 Å². The number of nitrogens with one attached hydrogen (secondary N) is 1. The van der Waals surface area contributed by atoms with E-state index in [9.17, 15) is 0 Å². The zero-order valence-electron chi connectivity index (χ0n) is 12.3.